The second kappa shape index (κ2) is 6.36. The Morgan fingerprint density at radius 2 is 2.25 bits per heavy atom. The summed E-state index contributed by atoms with van der Waals surface area (Å²) in [6.07, 6.45) is 5.49. The van der Waals surface area contributed by atoms with Gasteiger partial charge in [-0.2, -0.15) is 0 Å². The number of hydrogen-bond acceptors (Lipinski definition) is 3. The molecule has 16 heavy (non-hydrogen) atoms. The minimum atomic E-state index is 0.344. The number of aromatic nitrogens is 1. The lowest BCUT2D eigenvalue weighted by Gasteiger charge is -2.30. The average molecular weight is 240 g/mol. The third-order valence-electron chi connectivity index (χ3n) is 2.85. The Morgan fingerprint density at radius 1 is 1.50 bits per heavy atom. The maximum Gasteiger partial charge on any atom is 0.0930 e. The van der Waals surface area contributed by atoms with Gasteiger partial charge in [-0.1, -0.05) is 34.1 Å². The molecule has 0 spiro atoms. The molecule has 0 radical (unpaired) electrons. The van der Waals surface area contributed by atoms with Crippen molar-refractivity contribution in [2.75, 3.05) is 6.54 Å². The van der Waals surface area contributed by atoms with Crippen LogP contribution in [0.15, 0.2) is 11.6 Å². The van der Waals surface area contributed by atoms with E-state index in [1.165, 1.54) is 17.8 Å². The van der Waals surface area contributed by atoms with Gasteiger partial charge in [-0.05, 0) is 11.8 Å². The number of nitrogens with zero attached hydrogens (tertiary/aromatic N) is 1. The summed E-state index contributed by atoms with van der Waals surface area (Å²) in [5.74, 6) is 0. The lowest BCUT2D eigenvalue weighted by molar-refractivity contribution is 0.267. The van der Waals surface area contributed by atoms with Crippen LogP contribution in [-0.4, -0.2) is 17.6 Å². The zero-order chi connectivity index (χ0) is 12.0. The van der Waals surface area contributed by atoms with E-state index in [9.17, 15) is 0 Å². The van der Waals surface area contributed by atoms with Gasteiger partial charge in [-0.25, -0.2) is 4.98 Å². The van der Waals surface area contributed by atoms with E-state index in [-0.39, 0.29) is 0 Å². The lowest BCUT2D eigenvalue weighted by atomic mass is 9.82. The van der Waals surface area contributed by atoms with E-state index >= 15 is 0 Å². The van der Waals surface area contributed by atoms with Gasteiger partial charge in [0.25, 0.3) is 0 Å². The highest BCUT2D eigenvalue weighted by molar-refractivity contribution is 7.09. The van der Waals surface area contributed by atoms with E-state index in [4.69, 9.17) is 0 Å². The Hall–Kier alpha value is -0.410. The lowest BCUT2D eigenvalue weighted by Crippen LogP contribution is -2.37. The number of hydrogen-bond donors (Lipinski definition) is 1. The Bertz CT molecular complexity index is 282. The topological polar surface area (TPSA) is 24.9 Å². The predicted molar refractivity (Wildman–Crippen MR) is 72.0 cm³/mol. The van der Waals surface area contributed by atoms with Crippen LogP contribution in [0.25, 0.3) is 0 Å². The molecule has 0 fully saturated rings. The van der Waals surface area contributed by atoms with Gasteiger partial charge >= 0.3 is 0 Å². The smallest absolute Gasteiger partial charge is 0.0930 e. The molecule has 1 heterocycles. The van der Waals surface area contributed by atoms with Crippen molar-refractivity contribution in [1.82, 2.24) is 10.3 Å². The van der Waals surface area contributed by atoms with Crippen molar-refractivity contribution in [3.8, 4) is 0 Å². The molecule has 0 bridgehead atoms. The van der Waals surface area contributed by atoms with Gasteiger partial charge in [0, 0.05) is 30.6 Å². The summed E-state index contributed by atoms with van der Waals surface area (Å²) in [5, 5.41) is 6.89. The molecule has 2 nitrogen and oxygen atoms in total. The van der Waals surface area contributed by atoms with Crippen LogP contribution in [0.1, 0.15) is 45.5 Å². The van der Waals surface area contributed by atoms with Gasteiger partial charge in [-0.3, -0.25) is 0 Å². The first kappa shape index (κ1) is 13.7. The first-order valence-corrected chi connectivity index (χ1v) is 7.05. The molecule has 0 aliphatic carbocycles. The summed E-state index contributed by atoms with van der Waals surface area (Å²) in [4.78, 5) is 4.40. The van der Waals surface area contributed by atoms with E-state index in [1.807, 2.05) is 6.20 Å². The summed E-state index contributed by atoms with van der Waals surface area (Å²) in [7, 11) is 0. The summed E-state index contributed by atoms with van der Waals surface area (Å²) in [6.45, 7) is 10.1. The second-order valence-electron chi connectivity index (χ2n) is 5.20. The molecule has 0 saturated carbocycles. The standard InChI is InChI=1S/C13H24N2S/c1-5-6-13(4,10-15-11(2)3)9-12-14-7-8-16-12/h7-8,11,15H,5-6,9-10H2,1-4H3. The number of nitrogens with one attached hydrogen (secondary N) is 1. The summed E-state index contributed by atoms with van der Waals surface area (Å²) in [6, 6.07) is 0.562. The maximum absolute atomic E-state index is 4.40. The Balaban J connectivity index is 2.56. The van der Waals surface area contributed by atoms with E-state index in [1.54, 1.807) is 11.3 Å². The van der Waals surface area contributed by atoms with E-state index < -0.39 is 0 Å². The van der Waals surface area contributed by atoms with Crippen molar-refractivity contribution in [2.24, 2.45) is 5.41 Å². The fourth-order valence-electron chi connectivity index (χ4n) is 2.00. The van der Waals surface area contributed by atoms with Crippen molar-refractivity contribution in [3.05, 3.63) is 16.6 Å². The molecule has 1 aromatic heterocycles. The Kier molecular flexibility index (Phi) is 5.42. The van der Waals surface area contributed by atoms with Gasteiger partial charge in [0.2, 0.25) is 0 Å². The molecule has 0 amide bonds. The fraction of sp³-hybridized carbons (Fsp3) is 0.769. The summed E-state index contributed by atoms with van der Waals surface area (Å²) in [5.41, 5.74) is 0.344. The highest BCUT2D eigenvalue weighted by Crippen LogP contribution is 2.28. The molecule has 1 atom stereocenters. The third-order valence-corrected chi connectivity index (χ3v) is 3.63. The van der Waals surface area contributed by atoms with Crippen molar-refractivity contribution in [3.63, 3.8) is 0 Å². The maximum atomic E-state index is 4.40. The molecular weight excluding hydrogens is 216 g/mol. The number of thiazole rings is 1. The fourth-order valence-corrected chi connectivity index (χ4v) is 2.83. The first-order valence-electron chi connectivity index (χ1n) is 6.17. The highest BCUT2D eigenvalue weighted by atomic mass is 32.1. The van der Waals surface area contributed by atoms with Gasteiger partial charge in [0.05, 0.1) is 5.01 Å². The van der Waals surface area contributed by atoms with Crippen LogP contribution in [-0.2, 0) is 6.42 Å². The van der Waals surface area contributed by atoms with Crippen LogP contribution in [0, 0.1) is 5.41 Å². The molecule has 1 rings (SSSR count). The third kappa shape index (κ3) is 4.62. The minimum absolute atomic E-state index is 0.344. The molecular formula is C13H24N2S. The van der Waals surface area contributed by atoms with Crippen molar-refractivity contribution >= 4 is 11.3 Å². The van der Waals surface area contributed by atoms with Crippen LogP contribution >= 0.6 is 11.3 Å². The molecule has 1 aromatic rings. The molecule has 1 N–H and O–H groups in total. The number of rotatable bonds is 7. The summed E-state index contributed by atoms with van der Waals surface area (Å²) < 4.78 is 0. The zero-order valence-electron chi connectivity index (χ0n) is 10.9. The van der Waals surface area contributed by atoms with Gasteiger partial charge < -0.3 is 5.32 Å². The first-order chi connectivity index (χ1) is 7.56. The second-order valence-corrected chi connectivity index (χ2v) is 6.18. The Morgan fingerprint density at radius 3 is 2.75 bits per heavy atom. The zero-order valence-corrected chi connectivity index (χ0v) is 11.7. The van der Waals surface area contributed by atoms with E-state index in [2.05, 4.69) is 43.4 Å². The average Bonchev–Trinajstić information content (AvgIpc) is 2.68. The predicted octanol–water partition coefficient (Wildman–Crippen LogP) is 3.49. The van der Waals surface area contributed by atoms with Crippen LogP contribution in [0.4, 0.5) is 0 Å². The normalized spacial score (nSPS) is 15.3. The minimum Gasteiger partial charge on any atom is -0.314 e. The molecule has 92 valence electrons. The van der Waals surface area contributed by atoms with Gasteiger partial charge in [-0.15, -0.1) is 11.3 Å². The monoisotopic (exact) mass is 240 g/mol. The Labute approximate surface area is 103 Å². The van der Waals surface area contributed by atoms with Crippen molar-refractivity contribution in [1.29, 1.82) is 0 Å². The molecule has 0 aromatic carbocycles. The SMILES string of the molecule is CCCC(C)(CNC(C)C)Cc1nccs1. The van der Waals surface area contributed by atoms with Crippen molar-refractivity contribution in [2.45, 2.75) is 53.0 Å². The van der Waals surface area contributed by atoms with Crippen molar-refractivity contribution < 1.29 is 0 Å². The largest absolute Gasteiger partial charge is 0.314 e. The van der Waals surface area contributed by atoms with Crippen LogP contribution in [0.3, 0.4) is 0 Å². The van der Waals surface area contributed by atoms with E-state index in [0.717, 1.165) is 13.0 Å². The molecule has 1 unspecified atom stereocenters. The van der Waals surface area contributed by atoms with Gasteiger partial charge in [0.1, 0.15) is 0 Å². The van der Waals surface area contributed by atoms with Crippen LogP contribution in [0.5, 0.6) is 0 Å². The van der Waals surface area contributed by atoms with E-state index in [0.29, 0.717) is 11.5 Å². The quantitative estimate of drug-likeness (QED) is 0.789. The molecule has 0 aliphatic rings. The van der Waals surface area contributed by atoms with Crippen LogP contribution in [0.2, 0.25) is 0 Å². The highest BCUT2D eigenvalue weighted by Gasteiger charge is 2.24. The molecule has 3 heteroatoms. The molecule has 0 saturated heterocycles. The van der Waals surface area contributed by atoms with Crippen LogP contribution < -0.4 is 5.32 Å². The molecule has 0 aliphatic heterocycles. The van der Waals surface area contributed by atoms with Gasteiger partial charge in [0.15, 0.2) is 0 Å². The summed E-state index contributed by atoms with van der Waals surface area (Å²) >= 11 is 1.77.